The molecule has 0 aromatic carbocycles. The Bertz CT molecular complexity index is 427. The molecule has 1 aromatic rings. The molecule has 5 heteroatoms. The predicted octanol–water partition coefficient (Wildman–Crippen LogP) is 2.76. The lowest BCUT2D eigenvalue weighted by molar-refractivity contribution is 0.0944. The standard InChI is InChI=1S/C13H16BrFN2O/c14-5-9-2-1-3-10(9)7-17-13(18)11-4-12(15)8-16-6-11/h4,6,8-10H,1-3,5,7H2,(H,17,18). The Morgan fingerprint density at radius 2 is 2.22 bits per heavy atom. The number of hydrogen-bond acceptors (Lipinski definition) is 2. The summed E-state index contributed by atoms with van der Waals surface area (Å²) >= 11 is 3.51. The minimum atomic E-state index is -0.484. The van der Waals surface area contributed by atoms with Crippen molar-refractivity contribution in [2.24, 2.45) is 11.8 Å². The average Bonchev–Trinajstić information content (AvgIpc) is 2.83. The molecule has 1 fully saturated rings. The molecule has 1 aliphatic rings. The molecule has 3 nitrogen and oxygen atoms in total. The number of alkyl halides is 1. The molecular weight excluding hydrogens is 299 g/mol. The van der Waals surface area contributed by atoms with Gasteiger partial charge in [-0.3, -0.25) is 9.78 Å². The van der Waals surface area contributed by atoms with Crippen molar-refractivity contribution in [3.63, 3.8) is 0 Å². The van der Waals surface area contributed by atoms with E-state index in [2.05, 4.69) is 26.2 Å². The number of amides is 1. The average molecular weight is 315 g/mol. The molecule has 98 valence electrons. The molecule has 0 bridgehead atoms. The molecule has 0 aliphatic heterocycles. The third kappa shape index (κ3) is 3.28. The Morgan fingerprint density at radius 1 is 1.44 bits per heavy atom. The zero-order chi connectivity index (χ0) is 13.0. The van der Waals surface area contributed by atoms with Crippen LogP contribution in [-0.4, -0.2) is 22.8 Å². The van der Waals surface area contributed by atoms with Crippen LogP contribution in [0.1, 0.15) is 29.6 Å². The number of carbonyl (C=O) groups excluding carboxylic acids is 1. The van der Waals surface area contributed by atoms with Crippen LogP contribution < -0.4 is 5.32 Å². The number of aromatic nitrogens is 1. The summed E-state index contributed by atoms with van der Waals surface area (Å²) in [5, 5.41) is 3.85. The molecule has 2 atom stereocenters. The van der Waals surface area contributed by atoms with E-state index in [1.807, 2.05) is 0 Å². The first kappa shape index (κ1) is 13.5. The van der Waals surface area contributed by atoms with E-state index in [-0.39, 0.29) is 11.5 Å². The summed E-state index contributed by atoms with van der Waals surface area (Å²) in [4.78, 5) is 15.5. The molecule has 1 aliphatic carbocycles. The van der Waals surface area contributed by atoms with E-state index in [0.29, 0.717) is 18.4 Å². The lowest BCUT2D eigenvalue weighted by Crippen LogP contribution is -2.31. The normalized spacial score (nSPS) is 23.0. The van der Waals surface area contributed by atoms with Gasteiger partial charge in [-0.2, -0.15) is 0 Å². The van der Waals surface area contributed by atoms with Crippen molar-refractivity contribution in [1.82, 2.24) is 10.3 Å². The fraction of sp³-hybridized carbons (Fsp3) is 0.538. The molecule has 1 saturated carbocycles. The van der Waals surface area contributed by atoms with Crippen molar-refractivity contribution >= 4 is 21.8 Å². The second-order valence-electron chi connectivity index (χ2n) is 4.71. The number of pyridine rings is 1. The van der Waals surface area contributed by atoms with E-state index in [4.69, 9.17) is 0 Å². The Hall–Kier alpha value is -0.970. The minimum absolute atomic E-state index is 0.248. The van der Waals surface area contributed by atoms with Crippen molar-refractivity contribution in [1.29, 1.82) is 0 Å². The third-order valence-electron chi connectivity index (χ3n) is 3.51. The fourth-order valence-corrected chi connectivity index (χ4v) is 3.30. The van der Waals surface area contributed by atoms with Crippen LogP contribution in [0.4, 0.5) is 4.39 Å². The molecule has 18 heavy (non-hydrogen) atoms. The van der Waals surface area contributed by atoms with Crippen molar-refractivity contribution in [2.45, 2.75) is 19.3 Å². The van der Waals surface area contributed by atoms with Gasteiger partial charge in [0.05, 0.1) is 11.8 Å². The quantitative estimate of drug-likeness (QED) is 0.868. The summed E-state index contributed by atoms with van der Waals surface area (Å²) in [6.45, 7) is 0.658. The summed E-state index contributed by atoms with van der Waals surface area (Å²) in [6, 6.07) is 1.21. The van der Waals surface area contributed by atoms with Crippen molar-refractivity contribution < 1.29 is 9.18 Å². The number of rotatable bonds is 4. The van der Waals surface area contributed by atoms with Gasteiger partial charge >= 0.3 is 0 Å². The van der Waals surface area contributed by atoms with Gasteiger partial charge in [-0.15, -0.1) is 0 Å². The summed E-state index contributed by atoms with van der Waals surface area (Å²) in [5.74, 6) is 0.426. The number of carbonyl (C=O) groups is 1. The fourth-order valence-electron chi connectivity index (χ4n) is 2.45. The van der Waals surface area contributed by atoms with Gasteiger partial charge in [0.15, 0.2) is 0 Å². The van der Waals surface area contributed by atoms with Gasteiger partial charge in [-0.1, -0.05) is 22.4 Å². The Kier molecular flexibility index (Phi) is 4.69. The summed E-state index contributed by atoms with van der Waals surface area (Å²) in [6.07, 6.45) is 6.06. The SMILES string of the molecule is O=C(NCC1CCCC1CBr)c1cncc(F)c1. The first-order valence-corrected chi connectivity index (χ1v) is 7.27. The zero-order valence-corrected chi connectivity index (χ0v) is 11.6. The first-order chi connectivity index (χ1) is 8.70. The summed E-state index contributed by atoms with van der Waals surface area (Å²) in [7, 11) is 0. The van der Waals surface area contributed by atoms with Crippen LogP contribution in [0.3, 0.4) is 0 Å². The number of halogens is 2. The lowest BCUT2D eigenvalue weighted by atomic mass is 9.98. The maximum atomic E-state index is 12.9. The Morgan fingerprint density at radius 3 is 2.94 bits per heavy atom. The summed E-state index contributed by atoms with van der Waals surface area (Å²) in [5.41, 5.74) is 0.281. The highest BCUT2D eigenvalue weighted by molar-refractivity contribution is 9.09. The van der Waals surface area contributed by atoms with Gasteiger partial charge in [0.25, 0.3) is 5.91 Å². The monoisotopic (exact) mass is 314 g/mol. The number of nitrogens with one attached hydrogen (secondary N) is 1. The van der Waals surface area contributed by atoms with E-state index in [1.165, 1.54) is 25.1 Å². The maximum absolute atomic E-state index is 12.9. The van der Waals surface area contributed by atoms with Gasteiger partial charge in [0.2, 0.25) is 0 Å². The molecule has 2 unspecified atom stereocenters. The van der Waals surface area contributed by atoms with Crippen LogP contribution in [0, 0.1) is 17.7 Å². The zero-order valence-electron chi connectivity index (χ0n) is 10.0. The van der Waals surface area contributed by atoms with Crippen LogP contribution in [0.25, 0.3) is 0 Å². The van der Waals surface area contributed by atoms with Crippen LogP contribution in [-0.2, 0) is 0 Å². The number of hydrogen-bond donors (Lipinski definition) is 1. The maximum Gasteiger partial charge on any atom is 0.252 e. The second kappa shape index (κ2) is 6.27. The highest BCUT2D eigenvalue weighted by Gasteiger charge is 2.26. The van der Waals surface area contributed by atoms with Crippen LogP contribution >= 0.6 is 15.9 Å². The van der Waals surface area contributed by atoms with Gasteiger partial charge in [0, 0.05) is 18.1 Å². The Labute approximate surface area is 114 Å². The predicted molar refractivity (Wildman–Crippen MR) is 71.2 cm³/mol. The highest BCUT2D eigenvalue weighted by Crippen LogP contribution is 2.32. The van der Waals surface area contributed by atoms with E-state index < -0.39 is 5.82 Å². The second-order valence-corrected chi connectivity index (χ2v) is 5.35. The van der Waals surface area contributed by atoms with Crippen LogP contribution in [0.5, 0.6) is 0 Å². The van der Waals surface area contributed by atoms with E-state index in [9.17, 15) is 9.18 Å². The minimum Gasteiger partial charge on any atom is -0.352 e. The molecule has 0 radical (unpaired) electrons. The first-order valence-electron chi connectivity index (χ1n) is 6.15. The molecule has 1 amide bonds. The van der Waals surface area contributed by atoms with Gasteiger partial charge in [0.1, 0.15) is 5.82 Å². The molecule has 0 saturated heterocycles. The third-order valence-corrected chi connectivity index (χ3v) is 4.34. The highest BCUT2D eigenvalue weighted by atomic mass is 79.9. The van der Waals surface area contributed by atoms with Crippen molar-refractivity contribution in [3.8, 4) is 0 Å². The number of nitrogens with zero attached hydrogens (tertiary/aromatic N) is 1. The molecular formula is C13H16BrFN2O. The molecule has 1 aromatic heterocycles. The van der Waals surface area contributed by atoms with E-state index >= 15 is 0 Å². The van der Waals surface area contributed by atoms with Gasteiger partial charge in [-0.05, 0) is 30.7 Å². The molecule has 1 heterocycles. The summed E-state index contributed by atoms with van der Waals surface area (Å²) < 4.78 is 12.9. The molecule has 2 rings (SSSR count). The molecule has 1 N–H and O–H groups in total. The topological polar surface area (TPSA) is 42.0 Å². The Balaban J connectivity index is 1.88. The largest absolute Gasteiger partial charge is 0.352 e. The van der Waals surface area contributed by atoms with Gasteiger partial charge < -0.3 is 5.32 Å². The lowest BCUT2D eigenvalue weighted by Gasteiger charge is -2.17. The van der Waals surface area contributed by atoms with E-state index in [0.717, 1.165) is 17.9 Å². The van der Waals surface area contributed by atoms with Crippen molar-refractivity contribution in [3.05, 3.63) is 29.8 Å². The van der Waals surface area contributed by atoms with E-state index in [1.54, 1.807) is 0 Å². The smallest absolute Gasteiger partial charge is 0.252 e. The molecule has 0 spiro atoms. The van der Waals surface area contributed by atoms with Crippen molar-refractivity contribution in [2.75, 3.05) is 11.9 Å². The van der Waals surface area contributed by atoms with Crippen LogP contribution in [0.2, 0.25) is 0 Å². The van der Waals surface area contributed by atoms with Gasteiger partial charge in [-0.25, -0.2) is 4.39 Å². The van der Waals surface area contributed by atoms with Crippen LogP contribution in [0.15, 0.2) is 18.5 Å².